The van der Waals surface area contributed by atoms with Crippen LogP contribution in [0.2, 0.25) is 0 Å². The van der Waals surface area contributed by atoms with E-state index in [2.05, 4.69) is 15.9 Å². The minimum Gasteiger partial charge on any atom is -0.298 e. The Morgan fingerprint density at radius 1 is 1.41 bits per heavy atom. The molecule has 1 aromatic carbocycles. The molecule has 0 aliphatic rings. The molecule has 1 aromatic rings. The number of hydrogen-bond acceptors (Lipinski definition) is 1. The second-order valence-corrected chi connectivity index (χ2v) is 4.62. The average molecular weight is 309 g/mol. The Balaban J connectivity index is 3.46. The van der Waals surface area contributed by atoms with E-state index in [0.717, 1.165) is 6.07 Å². The fraction of sp³-hybridized carbons (Fsp3) is 0.417. The molecule has 1 atom stereocenters. The smallest absolute Gasteiger partial charge is 0.298 e. The Hall–Kier alpha value is -0.840. The van der Waals surface area contributed by atoms with Gasteiger partial charge in [-0.1, -0.05) is 35.0 Å². The summed E-state index contributed by atoms with van der Waals surface area (Å²) >= 11 is 3.04. The van der Waals surface area contributed by atoms with E-state index in [0.29, 0.717) is 12.0 Å². The van der Waals surface area contributed by atoms with Crippen LogP contribution in [0.5, 0.6) is 0 Å². The molecule has 0 N–H and O–H groups in total. The topological polar surface area (TPSA) is 17.1 Å². The Kier molecular flexibility index (Phi) is 4.36. The first-order chi connectivity index (χ1) is 7.79. The van der Waals surface area contributed by atoms with Gasteiger partial charge in [-0.15, -0.1) is 0 Å². The van der Waals surface area contributed by atoms with Crippen LogP contribution in [0.4, 0.5) is 13.2 Å². The number of carbonyl (C=O) groups excluding carboxylic acids is 1. The van der Waals surface area contributed by atoms with Crippen molar-refractivity contribution in [3.8, 4) is 0 Å². The molecule has 0 bridgehead atoms. The lowest BCUT2D eigenvalue weighted by Gasteiger charge is -2.18. The number of rotatable bonds is 3. The maximum Gasteiger partial charge on any atom is 0.416 e. The summed E-state index contributed by atoms with van der Waals surface area (Å²) in [6, 6.07) is 3.98. The average Bonchev–Trinajstić information content (AvgIpc) is 2.25. The van der Waals surface area contributed by atoms with Gasteiger partial charge in [-0.3, -0.25) is 4.79 Å². The van der Waals surface area contributed by atoms with E-state index in [-0.39, 0.29) is 11.3 Å². The van der Waals surface area contributed by atoms with E-state index in [4.69, 9.17) is 0 Å². The highest BCUT2D eigenvalue weighted by Gasteiger charge is 2.36. The molecule has 1 unspecified atom stereocenters. The van der Waals surface area contributed by atoms with Gasteiger partial charge in [0, 0.05) is 0 Å². The minimum atomic E-state index is -4.44. The van der Waals surface area contributed by atoms with E-state index < -0.39 is 16.6 Å². The van der Waals surface area contributed by atoms with Gasteiger partial charge in [0.1, 0.15) is 5.78 Å². The summed E-state index contributed by atoms with van der Waals surface area (Å²) in [4.78, 5) is 10.4. The van der Waals surface area contributed by atoms with Crippen molar-refractivity contribution in [3.05, 3.63) is 34.9 Å². The molecular formula is C12H12BrF3O. The van der Waals surface area contributed by atoms with Crippen LogP contribution in [0, 0.1) is 0 Å². The van der Waals surface area contributed by atoms with Crippen molar-refractivity contribution in [2.24, 2.45) is 0 Å². The van der Waals surface area contributed by atoms with Crippen LogP contribution in [-0.4, -0.2) is 5.78 Å². The van der Waals surface area contributed by atoms with Crippen LogP contribution in [0.15, 0.2) is 18.2 Å². The monoisotopic (exact) mass is 308 g/mol. The third kappa shape index (κ3) is 3.09. The van der Waals surface area contributed by atoms with Crippen LogP contribution in [0.3, 0.4) is 0 Å². The van der Waals surface area contributed by atoms with Gasteiger partial charge in [0.05, 0.1) is 10.4 Å². The van der Waals surface area contributed by atoms with Gasteiger partial charge in [0.25, 0.3) is 0 Å². The molecule has 0 saturated heterocycles. The van der Waals surface area contributed by atoms with Crippen LogP contribution in [0.25, 0.3) is 0 Å². The second-order valence-electron chi connectivity index (χ2n) is 3.70. The third-order valence-corrected chi connectivity index (χ3v) is 3.60. The summed E-state index contributed by atoms with van der Waals surface area (Å²) < 4.78 is 38.6. The van der Waals surface area contributed by atoms with Crippen molar-refractivity contribution >= 4 is 21.7 Å². The molecule has 1 rings (SSSR count). The summed E-state index contributed by atoms with van der Waals surface area (Å²) in [5.74, 6) is -0.337. The van der Waals surface area contributed by atoms with Crippen LogP contribution < -0.4 is 0 Å². The summed E-state index contributed by atoms with van der Waals surface area (Å²) in [6.07, 6.45) is -3.99. The maximum atomic E-state index is 12.9. The Labute approximate surface area is 106 Å². The molecule has 0 saturated carbocycles. The summed E-state index contributed by atoms with van der Waals surface area (Å²) in [5, 5.41) is 0. The SMILES string of the molecule is CCc1cccc(C(F)(F)F)c1C(Br)C(C)=O. The molecule has 0 amide bonds. The lowest BCUT2D eigenvalue weighted by molar-refractivity contribution is -0.138. The Bertz CT molecular complexity index is 426. The van der Waals surface area contributed by atoms with Crippen molar-refractivity contribution in [1.29, 1.82) is 0 Å². The zero-order valence-corrected chi connectivity index (χ0v) is 11.0. The van der Waals surface area contributed by atoms with Gasteiger partial charge in [-0.25, -0.2) is 0 Å². The van der Waals surface area contributed by atoms with E-state index in [1.165, 1.54) is 13.0 Å². The maximum absolute atomic E-state index is 12.9. The summed E-state index contributed by atoms with van der Waals surface area (Å²) in [6.45, 7) is 3.03. The molecule has 17 heavy (non-hydrogen) atoms. The second kappa shape index (κ2) is 5.21. The number of hydrogen-bond donors (Lipinski definition) is 0. The lowest BCUT2D eigenvalue weighted by Crippen LogP contribution is -2.15. The predicted octanol–water partition coefficient (Wildman–Crippen LogP) is 4.29. The van der Waals surface area contributed by atoms with Crippen molar-refractivity contribution in [2.45, 2.75) is 31.3 Å². The van der Waals surface area contributed by atoms with Crippen molar-refractivity contribution in [1.82, 2.24) is 0 Å². The number of carbonyl (C=O) groups is 1. The molecule has 0 aromatic heterocycles. The molecule has 0 fully saturated rings. The van der Waals surface area contributed by atoms with Crippen molar-refractivity contribution in [3.63, 3.8) is 0 Å². The quantitative estimate of drug-likeness (QED) is 0.761. The highest BCUT2D eigenvalue weighted by atomic mass is 79.9. The molecule has 94 valence electrons. The highest BCUT2D eigenvalue weighted by molar-refractivity contribution is 9.09. The summed E-state index contributed by atoms with van der Waals surface area (Å²) in [5.41, 5.74) is -0.166. The van der Waals surface area contributed by atoms with E-state index in [1.807, 2.05) is 0 Å². The van der Waals surface area contributed by atoms with Gasteiger partial charge in [-0.2, -0.15) is 13.2 Å². The number of Topliss-reactive ketones (excluding diaryl/α,β-unsaturated/α-hetero) is 1. The molecule has 0 heterocycles. The first-order valence-corrected chi connectivity index (χ1v) is 6.04. The van der Waals surface area contributed by atoms with Gasteiger partial charge < -0.3 is 0 Å². The number of alkyl halides is 4. The first-order valence-electron chi connectivity index (χ1n) is 5.12. The van der Waals surface area contributed by atoms with Crippen LogP contribution in [-0.2, 0) is 17.4 Å². The van der Waals surface area contributed by atoms with Crippen molar-refractivity contribution < 1.29 is 18.0 Å². The zero-order chi connectivity index (χ0) is 13.2. The lowest BCUT2D eigenvalue weighted by atomic mass is 9.95. The van der Waals surface area contributed by atoms with Gasteiger partial charge in [0.2, 0.25) is 0 Å². The predicted molar refractivity (Wildman–Crippen MR) is 63.2 cm³/mol. The standard InChI is InChI=1S/C12H12BrF3O/c1-3-8-5-4-6-9(12(14,15)16)10(8)11(13)7(2)17/h4-6,11H,3H2,1-2H3. The van der Waals surface area contributed by atoms with E-state index in [1.54, 1.807) is 13.0 Å². The minimum absolute atomic E-state index is 0.0370. The molecular weight excluding hydrogens is 297 g/mol. The van der Waals surface area contributed by atoms with E-state index >= 15 is 0 Å². The van der Waals surface area contributed by atoms with Gasteiger partial charge in [-0.05, 0) is 30.5 Å². The fourth-order valence-corrected chi connectivity index (χ4v) is 2.21. The Morgan fingerprint density at radius 3 is 2.41 bits per heavy atom. The van der Waals surface area contributed by atoms with Gasteiger partial charge in [0.15, 0.2) is 0 Å². The van der Waals surface area contributed by atoms with Gasteiger partial charge >= 0.3 is 6.18 Å². The molecule has 0 radical (unpaired) electrons. The zero-order valence-electron chi connectivity index (χ0n) is 9.44. The molecule has 0 aliphatic carbocycles. The normalized spacial score (nSPS) is 13.5. The third-order valence-electron chi connectivity index (χ3n) is 2.49. The first kappa shape index (κ1) is 14.2. The Morgan fingerprint density at radius 2 is 2.00 bits per heavy atom. The largest absolute Gasteiger partial charge is 0.416 e. The number of aryl methyl sites for hydroxylation is 1. The molecule has 0 spiro atoms. The molecule has 1 nitrogen and oxygen atoms in total. The van der Waals surface area contributed by atoms with Crippen molar-refractivity contribution in [2.75, 3.05) is 0 Å². The molecule has 0 aliphatic heterocycles. The number of benzene rings is 1. The highest BCUT2D eigenvalue weighted by Crippen LogP contribution is 2.39. The van der Waals surface area contributed by atoms with Crippen LogP contribution in [0.1, 0.15) is 35.4 Å². The van der Waals surface area contributed by atoms with Crippen LogP contribution >= 0.6 is 15.9 Å². The summed E-state index contributed by atoms with van der Waals surface area (Å²) in [7, 11) is 0. The fourth-order valence-electron chi connectivity index (χ4n) is 1.67. The number of ketones is 1. The van der Waals surface area contributed by atoms with E-state index in [9.17, 15) is 18.0 Å². The molecule has 5 heteroatoms. The number of halogens is 4.